The molecular formula is C14H9BrClF4N. The first-order valence-electron chi connectivity index (χ1n) is 5.82. The van der Waals surface area contributed by atoms with Crippen molar-refractivity contribution in [2.75, 3.05) is 5.32 Å². The predicted molar refractivity (Wildman–Crippen MR) is 77.9 cm³/mol. The second-order valence-corrected chi connectivity index (χ2v) is 5.61. The SMILES string of the molecule is Fc1ccc(CNc2ccc(Br)cc2C(F)(F)F)cc1Cl. The molecule has 7 heteroatoms. The van der Waals surface area contributed by atoms with E-state index in [2.05, 4.69) is 21.2 Å². The molecule has 112 valence electrons. The highest BCUT2D eigenvalue weighted by molar-refractivity contribution is 9.10. The van der Waals surface area contributed by atoms with Crippen LogP contribution in [0.2, 0.25) is 5.02 Å². The zero-order chi connectivity index (χ0) is 15.6. The van der Waals surface area contributed by atoms with Crippen molar-refractivity contribution in [2.24, 2.45) is 0 Å². The van der Waals surface area contributed by atoms with Crippen LogP contribution in [-0.2, 0) is 12.7 Å². The standard InChI is InChI=1S/C14H9BrClF4N/c15-9-2-4-13(10(6-9)14(18,19)20)21-7-8-1-3-12(17)11(16)5-8/h1-6,21H,7H2. The zero-order valence-electron chi connectivity index (χ0n) is 10.4. The number of anilines is 1. The van der Waals surface area contributed by atoms with Gasteiger partial charge in [0.2, 0.25) is 0 Å². The number of hydrogen-bond acceptors (Lipinski definition) is 1. The highest BCUT2D eigenvalue weighted by atomic mass is 79.9. The van der Waals surface area contributed by atoms with E-state index < -0.39 is 17.6 Å². The first-order chi connectivity index (χ1) is 9.77. The van der Waals surface area contributed by atoms with Crippen LogP contribution in [0.3, 0.4) is 0 Å². The summed E-state index contributed by atoms with van der Waals surface area (Å²) in [7, 11) is 0. The van der Waals surface area contributed by atoms with E-state index in [0.717, 1.165) is 6.07 Å². The third-order valence-electron chi connectivity index (χ3n) is 2.75. The molecular weight excluding hydrogens is 374 g/mol. The van der Waals surface area contributed by atoms with Gasteiger partial charge in [0, 0.05) is 16.7 Å². The second-order valence-electron chi connectivity index (χ2n) is 4.29. The lowest BCUT2D eigenvalue weighted by atomic mass is 10.1. The summed E-state index contributed by atoms with van der Waals surface area (Å²) in [6, 6.07) is 7.84. The topological polar surface area (TPSA) is 12.0 Å². The van der Waals surface area contributed by atoms with Gasteiger partial charge in [0.05, 0.1) is 10.6 Å². The molecule has 0 bridgehead atoms. The lowest BCUT2D eigenvalue weighted by Gasteiger charge is -2.15. The normalized spacial score (nSPS) is 11.5. The van der Waals surface area contributed by atoms with Gasteiger partial charge < -0.3 is 5.32 Å². The highest BCUT2D eigenvalue weighted by Gasteiger charge is 2.33. The van der Waals surface area contributed by atoms with Crippen LogP contribution in [0.1, 0.15) is 11.1 Å². The Balaban J connectivity index is 2.22. The molecule has 0 aliphatic rings. The fourth-order valence-electron chi connectivity index (χ4n) is 1.75. The van der Waals surface area contributed by atoms with Crippen molar-refractivity contribution in [3.05, 3.63) is 62.8 Å². The van der Waals surface area contributed by atoms with Crippen LogP contribution in [0.15, 0.2) is 40.9 Å². The Morgan fingerprint density at radius 3 is 2.43 bits per heavy atom. The third-order valence-corrected chi connectivity index (χ3v) is 3.54. The summed E-state index contributed by atoms with van der Waals surface area (Å²) < 4.78 is 52.2. The van der Waals surface area contributed by atoms with E-state index in [9.17, 15) is 17.6 Å². The molecule has 0 aromatic heterocycles. The van der Waals surface area contributed by atoms with Crippen LogP contribution in [0.5, 0.6) is 0 Å². The van der Waals surface area contributed by atoms with E-state index in [1.807, 2.05) is 0 Å². The molecule has 0 aliphatic carbocycles. The zero-order valence-corrected chi connectivity index (χ0v) is 12.8. The van der Waals surface area contributed by atoms with Gasteiger partial charge >= 0.3 is 6.18 Å². The van der Waals surface area contributed by atoms with Crippen LogP contribution >= 0.6 is 27.5 Å². The van der Waals surface area contributed by atoms with Crippen molar-refractivity contribution in [1.29, 1.82) is 0 Å². The Morgan fingerprint density at radius 1 is 1.10 bits per heavy atom. The van der Waals surface area contributed by atoms with Crippen LogP contribution < -0.4 is 5.32 Å². The number of benzene rings is 2. The van der Waals surface area contributed by atoms with Gasteiger partial charge in [-0.15, -0.1) is 0 Å². The first kappa shape index (κ1) is 16.1. The molecule has 0 saturated heterocycles. The molecule has 0 saturated carbocycles. The lowest BCUT2D eigenvalue weighted by Crippen LogP contribution is -2.11. The van der Waals surface area contributed by atoms with E-state index in [-0.39, 0.29) is 17.3 Å². The Kier molecular flexibility index (Phi) is 4.78. The summed E-state index contributed by atoms with van der Waals surface area (Å²) in [6.45, 7) is 0.102. The van der Waals surface area contributed by atoms with Gasteiger partial charge in [-0.2, -0.15) is 13.2 Å². The molecule has 0 aliphatic heterocycles. The van der Waals surface area contributed by atoms with E-state index in [1.54, 1.807) is 0 Å². The van der Waals surface area contributed by atoms with Gasteiger partial charge in [0.15, 0.2) is 0 Å². The third kappa shape index (κ3) is 4.11. The Bertz CT molecular complexity index is 658. The van der Waals surface area contributed by atoms with Crippen LogP contribution in [0.25, 0.3) is 0 Å². The first-order valence-corrected chi connectivity index (χ1v) is 6.99. The van der Waals surface area contributed by atoms with E-state index in [0.29, 0.717) is 10.0 Å². The largest absolute Gasteiger partial charge is 0.418 e. The predicted octanol–water partition coefficient (Wildman–Crippen LogP) is 5.87. The molecule has 1 N–H and O–H groups in total. The van der Waals surface area contributed by atoms with Gasteiger partial charge in [0.25, 0.3) is 0 Å². The van der Waals surface area contributed by atoms with E-state index in [1.165, 1.54) is 30.3 Å². The second kappa shape index (κ2) is 6.23. The molecule has 21 heavy (non-hydrogen) atoms. The fraction of sp³-hybridized carbons (Fsp3) is 0.143. The maximum atomic E-state index is 13.0. The van der Waals surface area contributed by atoms with Crippen molar-refractivity contribution in [3.63, 3.8) is 0 Å². The average Bonchev–Trinajstić information content (AvgIpc) is 2.40. The van der Waals surface area contributed by atoms with Gasteiger partial charge in [0.1, 0.15) is 5.82 Å². The monoisotopic (exact) mass is 381 g/mol. The minimum absolute atomic E-state index is 0.0499. The summed E-state index contributed by atoms with van der Waals surface area (Å²) in [5.41, 5.74) is -0.242. The minimum atomic E-state index is -4.47. The summed E-state index contributed by atoms with van der Waals surface area (Å²) in [6.07, 6.45) is -4.47. The molecule has 1 nitrogen and oxygen atoms in total. The van der Waals surface area contributed by atoms with Crippen LogP contribution in [0, 0.1) is 5.82 Å². The van der Waals surface area contributed by atoms with E-state index >= 15 is 0 Å². The highest BCUT2D eigenvalue weighted by Crippen LogP contribution is 2.36. The summed E-state index contributed by atoms with van der Waals surface area (Å²) in [5.74, 6) is -0.569. The van der Waals surface area contributed by atoms with Gasteiger partial charge in [-0.1, -0.05) is 33.6 Å². The smallest absolute Gasteiger partial charge is 0.380 e. The molecule has 0 amide bonds. The Labute approximate surface area is 132 Å². The van der Waals surface area contributed by atoms with Crippen molar-refractivity contribution in [1.82, 2.24) is 0 Å². The maximum absolute atomic E-state index is 13.0. The summed E-state index contributed by atoms with van der Waals surface area (Å²) >= 11 is 8.65. The maximum Gasteiger partial charge on any atom is 0.418 e. The molecule has 2 rings (SSSR count). The molecule has 0 atom stereocenters. The molecule has 0 unspecified atom stereocenters. The molecule has 0 heterocycles. The number of halogens is 6. The van der Waals surface area contributed by atoms with Crippen molar-refractivity contribution < 1.29 is 17.6 Å². The number of rotatable bonds is 3. The number of alkyl halides is 3. The Hall–Kier alpha value is -1.27. The minimum Gasteiger partial charge on any atom is -0.380 e. The van der Waals surface area contributed by atoms with E-state index in [4.69, 9.17) is 11.6 Å². The molecule has 0 radical (unpaired) electrons. The van der Waals surface area contributed by atoms with Gasteiger partial charge in [-0.3, -0.25) is 0 Å². The van der Waals surface area contributed by atoms with Crippen molar-refractivity contribution >= 4 is 33.2 Å². The number of nitrogens with one attached hydrogen (secondary N) is 1. The van der Waals surface area contributed by atoms with Gasteiger partial charge in [-0.05, 0) is 35.9 Å². The molecule has 0 spiro atoms. The quantitative estimate of drug-likeness (QED) is 0.654. The number of hydrogen-bond donors (Lipinski definition) is 1. The molecule has 2 aromatic rings. The van der Waals surface area contributed by atoms with Gasteiger partial charge in [-0.25, -0.2) is 4.39 Å². The lowest BCUT2D eigenvalue weighted by molar-refractivity contribution is -0.137. The van der Waals surface area contributed by atoms with Crippen LogP contribution in [0.4, 0.5) is 23.2 Å². The molecule has 2 aromatic carbocycles. The fourth-order valence-corrected chi connectivity index (χ4v) is 2.32. The summed E-state index contributed by atoms with van der Waals surface area (Å²) in [4.78, 5) is 0. The average molecular weight is 383 g/mol. The molecule has 0 fully saturated rings. The van der Waals surface area contributed by atoms with Crippen molar-refractivity contribution in [3.8, 4) is 0 Å². The Morgan fingerprint density at radius 2 is 1.81 bits per heavy atom. The van der Waals surface area contributed by atoms with Crippen molar-refractivity contribution in [2.45, 2.75) is 12.7 Å². The van der Waals surface area contributed by atoms with Crippen LogP contribution in [-0.4, -0.2) is 0 Å². The summed E-state index contributed by atoms with van der Waals surface area (Å²) in [5, 5.41) is 2.62.